The molecule has 0 unspecified atom stereocenters. The van der Waals surface area contributed by atoms with Gasteiger partial charge in [0.05, 0.1) is 10.7 Å². The summed E-state index contributed by atoms with van der Waals surface area (Å²) in [5.74, 6) is 0.695. The number of methoxy groups -OCH3 is 1. The summed E-state index contributed by atoms with van der Waals surface area (Å²) >= 11 is 11.3. The second kappa shape index (κ2) is 4.78. The highest BCUT2D eigenvalue weighted by Crippen LogP contribution is 2.21. The molecule has 1 heterocycles. The molecule has 0 atom stereocenters. The number of ether oxygens (including phenoxy) is 1. The van der Waals surface area contributed by atoms with E-state index < -0.39 is 0 Å². The molecule has 0 radical (unpaired) electrons. The summed E-state index contributed by atoms with van der Waals surface area (Å²) in [5.41, 5.74) is 0.801. The summed E-state index contributed by atoms with van der Waals surface area (Å²) in [7, 11) is 1.61. The average Bonchev–Trinajstić information content (AvgIpc) is 2.62. The molecular formula is C10H10ClN3OS. The smallest absolute Gasteiger partial charge is 0.199 e. The minimum Gasteiger partial charge on any atom is -0.377 e. The van der Waals surface area contributed by atoms with Crippen LogP contribution in [0.4, 0.5) is 0 Å². The molecule has 0 aliphatic heterocycles. The number of hydrogen-bond acceptors (Lipinski definition) is 3. The summed E-state index contributed by atoms with van der Waals surface area (Å²) < 4.78 is 7.32. The van der Waals surface area contributed by atoms with Crippen molar-refractivity contribution in [3.05, 3.63) is 39.9 Å². The standard InChI is InChI=1S/C10H10ClN3OS/c1-15-6-9-12-13-10(16)14(9)8-5-3-2-4-7(8)11/h2-5H,6H2,1H3,(H,13,16). The lowest BCUT2D eigenvalue weighted by Gasteiger charge is -2.07. The number of para-hydroxylation sites is 1. The number of aromatic amines is 1. The van der Waals surface area contributed by atoms with E-state index in [-0.39, 0.29) is 0 Å². The molecule has 1 aromatic carbocycles. The quantitative estimate of drug-likeness (QED) is 0.858. The van der Waals surface area contributed by atoms with E-state index in [1.165, 1.54) is 0 Å². The fraction of sp³-hybridized carbons (Fsp3) is 0.200. The molecule has 1 N–H and O–H groups in total. The topological polar surface area (TPSA) is 42.8 Å². The molecule has 16 heavy (non-hydrogen) atoms. The van der Waals surface area contributed by atoms with Gasteiger partial charge in [0.25, 0.3) is 0 Å². The van der Waals surface area contributed by atoms with Crippen molar-refractivity contribution in [2.45, 2.75) is 6.61 Å². The summed E-state index contributed by atoms with van der Waals surface area (Å²) in [5, 5.41) is 7.43. The molecule has 0 fully saturated rings. The van der Waals surface area contributed by atoms with E-state index in [2.05, 4.69) is 10.2 Å². The van der Waals surface area contributed by atoms with Crippen LogP contribution < -0.4 is 0 Å². The van der Waals surface area contributed by atoms with Crippen LogP contribution >= 0.6 is 23.8 Å². The number of aromatic nitrogens is 3. The van der Waals surface area contributed by atoms with Crippen molar-refractivity contribution in [2.75, 3.05) is 7.11 Å². The number of nitrogens with one attached hydrogen (secondary N) is 1. The molecule has 0 bridgehead atoms. The van der Waals surface area contributed by atoms with Gasteiger partial charge in [0, 0.05) is 7.11 Å². The lowest BCUT2D eigenvalue weighted by molar-refractivity contribution is 0.176. The average molecular weight is 256 g/mol. The van der Waals surface area contributed by atoms with Gasteiger partial charge in [-0.25, -0.2) is 0 Å². The fourth-order valence-electron chi connectivity index (χ4n) is 1.44. The third kappa shape index (κ3) is 2.02. The van der Waals surface area contributed by atoms with E-state index in [4.69, 9.17) is 28.6 Å². The molecule has 6 heteroatoms. The molecule has 0 spiro atoms. The Kier molecular flexibility index (Phi) is 3.38. The molecule has 0 saturated carbocycles. The van der Waals surface area contributed by atoms with Crippen molar-refractivity contribution in [3.63, 3.8) is 0 Å². The van der Waals surface area contributed by atoms with Gasteiger partial charge in [-0.1, -0.05) is 23.7 Å². The minimum absolute atomic E-state index is 0.373. The first-order chi connectivity index (χ1) is 7.74. The molecule has 0 amide bonds. The van der Waals surface area contributed by atoms with Crippen molar-refractivity contribution in [2.24, 2.45) is 0 Å². The number of hydrogen-bond donors (Lipinski definition) is 1. The van der Waals surface area contributed by atoms with Gasteiger partial charge in [0.2, 0.25) is 0 Å². The van der Waals surface area contributed by atoms with Gasteiger partial charge < -0.3 is 4.74 Å². The second-order valence-electron chi connectivity index (χ2n) is 3.16. The maximum Gasteiger partial charge on any atom is 0.199 e. The van der Waals surface area contributed by atoms with Crippen molar-refractivity contribution in [3.8, 4) is 5.69 Å². The molecule has 2 aromatic rings. The summed E-state index contributed by atoms with van der Waals surface area (Å²) in [6, 6.07) is 7.45. The van der Waals surface area contributed by atoms with Crippen LogP contribution in [0.15, 0.2) is 24.3 Å². The molecule has 0 aliphatic rings. The van der Waals surface area contributed by atoms with Gasteiger partial charge >= 0.3 is 0 Å². The number of benzene rings is 1. The lowest BCUT2D eigenvalue weighted by Crippen LogP contribution is -2.03. The Morgan fingerprint density at radius 2 is 2.25 bits per heavy atom. The summed E-state index contributed by atoms with van der Waals surface area (Å²) in [4.78, 5) is 0. The third-order valence-corrected chi connectivity index (χ3v) is 2.70. The monoisotopic (exact) mass is 255 g/mol. The molecule has 2 rings (SSSR count). The van der Waals surface area contributed by atoms with Crippen LogP contribution in [0.2, 0.25) is 5.02 Å². The Balaban J connectivity index is 2.59. The maximum absolute atomic E-state index is 6.11. The second-order valence-corrected chi connectivity index (χ2v) is 3.96. The summed E-state index contributed by atoms with van der Waals surface area (Å²) in [6.07, 6.45) is 0. The number of nitrogens with zero attached hydrogens (tertiary/aromatic N) is 2. The van der Waals surface area contributed by atoms with Crippen molar-refractivity contribution in [1.29, 1.82) is 0 Å². The highest BCUT2D eigenvalue weighted by molar-refractivity contribution is 7.71. The van der Waals surface area contributed by atoms with Crippen LogP contribution in [0, 0.1) is 4.77 Å². The van der Waals surface area contributed by atoms with Crippen molar-refractivity contribution < 1.29 is 4.74 Å². The molecule has 0 aliphatic carbocycles. The predicted octanol–water partition coefficient (Wildman–Crippen LogP) is 2.73. The maximum atomic E-state index is 6.11. The van der Waals surface area contributed by atoms with Crippen LogP contribution in [0.1, 0.15) is 5.82 Å². The van der Waals surface area contributed by atoms with Gasteiger partial charge in [0.1, 0.15) is 6.61 Å². The lowest BCUT2D eigenvalue weighted by atomic mass is 10.3. The fourth-order valence-corrected chi connectivity index (χ4v) is 1.91. The third-order valence-electron chi connectivity index (χ3n) is 2.11. The van der Waals surface area contributed by atoms with Crippen molar-refractivity contribution >= 4 is 23.8 Å². The first-order valence-electron chi connectivity index (χ1n) is 4.64. The Morgan fingerprint density at radius 1 is 1.50 bits per heavy atom. The molecular weight excluding hydrogens is 246 g/mol. The minimum atomic E-state index is 0.373. The van der Waals surface area contributed by atoms with E-state index in [1.807, 2.05) is 24.3 Å². The molecule has 84 valence electrons. The highest BCUT2D eigenvalue weighted by Gasteiger charge is 2.10. The van der Waals surface area contributed by atoms with Crippen molar-refractivity contribution in [1.82, 2.24) is 14.8 Å². The van der Waals surface area contributed by atoms with Gasteiger partial charge in [-0.05, 0) is 24.4 Å². The van der Waals surface area contributed by atoms with Gasteiger partial charge in [-0.2, -0.15) is 5.10 Å². The van der Waals surface area contributed by atoms with Crippen LogP contribution in [-0.4, -0.2) is 21.9 Å². The Bertz CT molecular complexity index is 549. The zero-order chi connectivity index (χ0) is 11.5. The molecule has 4 nitrogen and oxygen atoms in total. The molecule has 1 aromatic heterocycles. The van der Waals surface area contributed by atoms with Gasteiger partial charge in [-0.15, -0.1) is 0 Å². The summed E-state index contributed by atoms with van der Waals surface area (Å²) in [6.45, 7) is 0.373. The van der Waals surface area contributed by atoms with E-state index in [1.54, 1.807) is 11.7 Å². The van der Waals surface area contributed by atoms with Gasteiger partial charge in [0.15, 0.2) is 10.6 Å². The largest absolute Gasteiger partial charge is 0.377 e. The van der Waals surface area contributed by atoms with Crippen LogP contribution in [-0.2, 0) is 11.3 Å². The first kappa shape index (κ1) is 11.3. The molecule has 0 saturated heterocycles. The zero-order valence-corrected chi connectivity index (χ0v) is 10.2. The normalized spacial score (nSPS) is 10.6. The predicted molar refractivity (Wildman–Crippen MR) is 64.5 cm³/mol. The van der Waals surface area contributed by atoms with E-state index >= 15 is 0 Å². The van der Waals surface area contributed by atoms with E-state index in [0.717, 1.165) is 5.69 Å². The number of rotatable bonds is 3. The Morgan fingerprint density at radius 3 is 2.94 bits per heavy atom. The Hall–Kier alpha value is -1.17. The van der Waals surface area contributed by atoms with E-state index in [0.29, 0.717) is 22.2 Å². The van der Waals surface area contributed by atoms with Crippen LogP contribution in [0.5, 0.6) is 0 Å². The van der Waals surface area contributed by atoms with E-state index in [9.17, 15) is 0 Å². The highest BCUT2D eigenvalue weighted by atomic mass is 35.5. The first-order valence-corrected chi connectivity index (χ1v) is 5.43. The van der Waals surface area contributed by atoms with Gasteiger partial charge in [-0.3, -0.25) is 9.67 Å². The zero-order valence-electron chi connectivity index (χ0n) is 8.61. The number of halogens is 1. The number of H-pyrrole nitrogens is 1. The van der Waals surface area contributed by atoms with Crippen LogP contribution in [0.25, 0.3) is 5.69 Å². The SMILES string of the molecule is COCc1n[nH]c(=S)n1-c1ccccc1Cl. The van der Waals surface area contributed by atoms with Crippen LogP contribution in [0.3, 0.4) is 0 Å². The Labute approximate surface area is 103 Å².